The Hall–Kier alpha value is -0.740. The molecule has 0 aliphatic rings. The Morgan fingerprint density at radius 2 is 2.24 bits per heavy atom. The van der Waals surface area contributed by atoms with E-state index in [1.165, 1.54) is 0 Å². The van der Waals surface area contributed by atoms with E-state index < -0.39 is 6.10 Å². The van der Waals surface area contributed by atoms with Crippen molar-refractivity contribution in [2.24, 2.45) is 0 Å². The first-order valence-corrected chi connectivity index (χ1v) is 6.62. The number of rotatable bonds is 5. The molecule has 0 aromatic heterocycles. The van der Waals surface area contributed by atoms with Crippen LogP contribution in [0.3, 0.4) is 0 Å². The van der Waals surface area contributed by atoms with E-state index in [4.69, 9.17) is 16.3 Å². The van der Waals surface area contributed by atoms with Gasteiger partial charge in [-0.2, -0.15) is 0 Å². The van der Waals surface area contributed by atoms with Gasteiger partial charge in [0, 0.05) is 16.4 Å². The van der Waals surface area contributed by atoms with Gasteiger partial charge < -0.3 is 10.1 Å². The fourth-order valence-corrected chi connectivity index (χ4v) is 1.53. The van der Waals surface area contributed by atoms with E-state index in [0.717, 1.165) is 0 Å². The van der Waals surface area contributed by atoms with E-state index in [1.54, 1.807) is 31.2 Å². The number of benzene rings is 1. The summed E-state index contributed by atoms with van der Waals surface area (Å²) in [6, 6.07) is 6.98. The number of hydrogen-bond donors (Lipinski definition) is 1. The Morgan fingerprint density at radius 1 is 1.53 bits per heavy atom. The first kappa shape index (κ1) is 14.3. The number of carbonyl (C=O) groups excluding carboxylic acids is 1. The third-order valence-electron chi connectivity index (χ3n) is 2.04. The van der Waals surface area contributed by atoms with Gasteiger partial charge in [-0.3, -0.25) is 4.79 Å². The van der Waals surface area contributed by atoms with E-state index in [2.05, 4.69) is 21.2 Å². The molecule has 0 bridgehead atoms. The predicted molar refractivity (Wildman–Crippen MR) is 72.9 cm³/mol. The molecule has 1 aromatic rings. The van der Waals surface area contributed by atoms with Crippen molar-refractivity contribution in [1.29, 1.82) is 0 Å². The summed E-state index contributed by atoms with van der Waals surface area (Å²) in [5, 5.41) is 3.36. The number of ether oxygens (including phenoxy) is 1. The first-order valence-electron chi connectivity index (χ1n) is 5.33. The molecule has 0 saturated carbocycles. The molecule has 0 fully saturated rings. The minimum absolute atomic E-state index is 0.142. The average Bonchev–Trinajstić information content (AvgIpc) is 2.25. The molecule has 0 aliphatic carbocycles. The van der Waals surface area contributed by atoms with Crippen LogP contribution in [0.25, 0.3) is 0 Å². The maximum absolute atomic E-state index is 11.6. The summed E-state index contributed by atoms with van der Waals surface area (Å²) in [6.45, 7) is 4.24. The molecule has 1 rings (SSSR count). The zero-order valence-corrected chi connectivity index (χ0v) is 12.1. The van der Waals surface area contributed by atoms with Crippen LogP contribution in [0.2, 0.25) is 5.02 Å². The Kier molecular flexibility index (Phi) is 5.78. The second kappa shape index (κ2) is 6.87. The Bertz CT molecular complexity index is 385. The van der Waals surface area contributed by atoms with Crippen molar-refractivity contribution >= 4 is 33.4 Å². The van der Waals surface area contributed by atoms with Crippen LogP contribution in [0.1, 0.15) is 13.8 Å². The highest BCUT2D eigenvalue weighted by atomic mass is 79.9. The molecule has 5 heteroatoms. The van der Waals surface area contributed by atoms with E-state index >= 15 is 0 Å². The van der Waals surface area contributed by atoms with Crippen molar-refractivity contribution in [3.8, 4) is 5.75 Å². The van der Waals surface area contributed by atoms with Crippen LogP contribution in [0.4, 0.5) is 0 Å². The quantitative estimate of drug-likeness (QED) is 0.847. The third-order valence-corrected chi connectivity index (χ3v) is 2.59. The fourth-order valence-electron chi connectivity index (χ4n) is 1.18. The van der Waals surface area contributed by atoms with Crippen LogP contribution in [0, 0.1) is 0 Å². The first-order chi connectivity index (χ1) is 7.99. The lowest BCUT2D eigenvalue weighted by molar-refractivity contribution is -0.127. The molecule has 2 atom stereocenters. The summed E-state index contributed by atoms with van der Waals surface area (Å²) in [7, 11) is 0. The van der Waals surface area contributed by atoms with E-state index in [0.29, 0.717) is 17.3 Å². The molecule has 1 aromatic carbocycles. The summed E-state index contributed by atoms with van der Waals surface area (Å²) >= 11 is 9.18. The summed E-state index contributed by atoms with van der Waals surface area (Å²) in [4.78, 5) is 11.9. The zero-order chi connectivity index (χ0) is 12.8. The largest absolute Gasteiger partial charge is 0.481 e. The minimum Gasteiger partial charge on any atom is -0.481 e. The number of amides is 1. The SMILES string of the molecule is CC(Br)CNC(=O)C(C)Oc1cccc(Cl)c1. The molecule has 0 heterocycles. The van der Waals surface area contributed by atoms with Crippen LogP contribution < -0.4 is 10.1 Å². The monoisotopic (exact) mass is 319 g/mol. The number of carbonyl (C=O) groups is 1. The lowest BCUT2D eigenvalue weighted by Crippen LogP contribution is -2.38. The highest BCUT2D eigenvalue weighted by Gasteiger charge is 2.14. The molecule has 0 saturated heterocycles. The maximum Gasteiger partial charge on any atom is 0.260 e. The van der Waals surface area contributed by atoms with Crippen molar-refractivity contribution in [2.75, 3.05) is 6.54 Å². The second-order valence-electron chi connectivity index (χ2n) is 3.74. The molecule has 1 amide bonds. The van der Waals surface area contributed by atoms with Crippen molar-refractivity contribution in [3.63, 3.8) is 0 Å². The summed E-state index contributed by atoms with van der Waals surface area (Å²) in [5.74, 6) is 0.448. The van der Waals surface area contributed by atoms with Crippen molar-refractivity contribution in [3.05, 3.63) is 29.3 Å². The molecule has 2 unspecified atom stereocenters. The van der Waals surface area contributed by atoms with Gasteiger partial charge in [0.1, 0.15) is 5.75 Å². The van der Waals surface area contributed by atoms with Gasteiger partial charge >= 0.3 is 0 Å². The molecular weight excluding hydrogens is 305 g/mol. The second-order valence-corrected chi connectivity index (χ2v) is 5.74. The van der Waals surface area contributed by atoms with Crippen LogP contribution in [-0.4, -0.2) is 23.4 Å². The van der Waals surface area contributed by atoms with Crippen LogP contribution in [0.5, 0.6) is 5.75 Å². The highest BCUT2D eigenvalue weighted by molar-refractivity contribution is 9.09. The van der Waals surface area contributed by atoms with Gasteiger partial charge in [-0.1, -0.05) is 40.5 Å². The van der Waals surface area contributed by atoms with E-state index in [-0.39, 0.29) is 10.7 Å². The highest BCUT2D eigenvalue weighted by Crippen LogP contribution is 2.18. The van der Waals surface area contributed by atoms with Gasteiger partial charge in [0.2, 0.25) is 0 Å². The van der Waals surface area contributed by atoms with Gasteiger partial charge in [0.05, 0.1) is 0 Å². The predicted octanol–water partition coefficient (Wildman–Crippen LogP) is 3.01. The van der Waals surface area contributed by atoms with Gasteiger partial charge in [-0.15, -0.1) is 0 Å². The minimum atomic E-state index is -0.542. The number of hydrogen-bond acceptors (Lipinski definition) is 2. The maximum atomic E-state index is 11.6. The van der Waals surface area contributed by atoms with Crippen molar-refractivity contribution in [1.82, 2.24) is 5.32 Å². The normalized spacial score (nSPS) is 13.9. The molecule has 0 spiro atoms. The molecule has 3 nitrogen and oxygen atoms in total. The van der Waals surface area contributed by atoms with Crippen molar-refractivity contribution in [2.45, 2.75) is 24.8 Å². The van der Waals surface area contributed by atoms with Gasteiger partial charge in [-0.25, -0.2) is 0 Å². The summed E-state index contributed by atoms with van der Waals surface area (Å²) < 4.78 is 5.48. The summed E-state index contributed by atoms with van der Waals surface area (Å²) in [5.41, 5.74) is 0. The number of alkyl halides is 1. The molecule has 0 radical (unpaired) electrons. The third kappa shape index (κ3) is 5.41. The standard InChI is InChI=1S/C12H15BrClNO2/c1-8(13)7-15-12(16)9(2)17-11-5-3-4-10(14)6-11/h3-6,8-9H,7H2,1-2H3,(H,15,16). The van der Waals surface area contributed by atoms with Gasteiger partial charge in [-0.05, 0) is 25.1 Å². The molecule has 0 aliphatic heterocycles. The average molecular weight is 321 g/mol. The molecular formula is C12H15BrClNO2. The fraction of sp³-hybridized carbons (Fsp3) is 0.417. The van der Waals surface area contributed by atoms with Gasteiger partial charge in [0.15, 0.2) is 6.10 Å². The lowest BCUT2D eigenvalue weighted by atomic mass is 10.3. The van der Waals surface area contributed by atoms with Crippen LogP contribution in [0.15, 0.2) is 24.3 Å². The molecule has 17 heavy (non-hydrogen) atoms. The summed E-state index contributed by atoms with van der Waals surface area (Å²) in [6.07, 6.45) is -0.542. The zero-order valence-electron chi connectivity index (χ0n) is 9.74. The Labute approximate surface area is 115 Å². The number of nitrogens with one attached hydrogen (secondary N) is 1. The van der Waals surface area contributed by atoms with Crippen LogP contribution >= 0.6 is 27.5 Å². The number of halogens is 2. The molecule has 94 valence electrons. The van der Waals surface area contributed by atoms with E-state index in [9.17, 15) is 4.79 Å². The lowest BCUT2D eigenvalue weighted by Gasteiger charge is -2.15. The van der Waals surface area contributed by atoms with Gasteiger partial charge in [0.25, 0.3) is 5.91 Å². The van der Waals surface area contributed by atoms with Crippen molar-refractivity contribution < 1.29 is 9.53 Å². The molecule has 1 N–H and O–H groups in total. The Balaban J connectivity index is 2.48. The van der Waals surface area contributed by atoms with E-state index in [1.807, 2.05) is 6.92 Å². The smallest absolute Gasteiger partial charge is 0.260 e. The van der Waals surface area contributed by atoms with Crippen LogP contribution in [-0.2, 0) is 4.79 Å². The topological polar surface area (TPSA) is 38.3 Å². The Morgan fingerprint density at radius 3 is 2.82 bits per heavy atom.